The van der Waals surface area contributed by atoms with E-state index in [9.17, 15) is 18.0 Å². The molecule has 0 radical (unpaired) electrons. The highest BCUT2D eigenvalue weighted by molar-refractivity contribution is 7.88. The number of hydrogen-bond donors (Lipinski definition) is 0. The van der Waals surface area contributed by atoms with Gasteiger partial charge in [0.2, 0.25) is 15.8 Å². The molecule has 0 bridgehead atoms. The van der Waals surface area contributed by atoms with Crippen LogP contribution in [-0.2, 0) is 32.4 Å². The SMILES string of the molecule is CCc1ccc(CC)c(C(=O)COC(=O)C2CCN(S(C)(=O)=O)CC2)c1. The molecule has 1 aromatic carbocycles. The molecule has 0 spiro atoms. The molecule has 1 heterocycles. The van der Waals surface area contributed by atoms with Crippen molar-refractivity contribution < 1.29 is 22.7 Å². The number of nitrogens with zero attached hydrogens (tertiary/aromatic N) is 1. The number of ketones is 1. The molecule has 0 saturated carbocycles. The Labute approximate surface area is 155 Å². The first-order chi connectivity index (χ1) is 12.3. The van der Waals surface area contributed by atoms with E-state index in [0.29, 0.717) is 31.5 Å². The number of carbonyl (C=O) groups is 2. The van der Waals surface area contributed by atoms with Gasteiger partial charge in [0, 0.05) is 18.7 Å². The van der Waals surface area contributed by atoms with Gasteiger partial charge in [-0.1, -0.05) is 26.0 Å². The van der Waals surface area contributed by atoms with Crippen LogP contribution in [0.5, 0.6) is 0 Å². The number of piperidine rings is 1. The molecule has 26 heavy (non-hydrogen) atoms. The summed E-state index contributed by atoms with van der Waals surface area (Å²) in [7, 11) is -3.22. The topological polar surface area (TPSA) is 80.8 Å². The number of Topliss-reactive ketones (excluding diaryl/α,β-unsaturated/α-hetero) is 1. The molecule has 144 valence electrons. The van der Waals surface area contributed by atoms with Crippen LogP contribution in [0.1, 0.15) is 48.2 Å². The zero-order chi connectivity index (χ0) is 19.3. The number of carbonyl (C=O) groups excluding carboxylic acids is 2. The smallest absolute Gasteiger partial charge is 0.309 e. The number of esters is 1. The van der Waals surface area contributed by atoms with Crippen LogP contribution in [-0.4, -0.2) is 50.4 Å². The van der Waals surface area contributed by atoms with Gasteiger partial charge in [-0.2, -0.15) is 0 Å². The number of hydrogen-bond acceptors (Lipinski definition) is 5. The zero-order valence-electron chi connectivity index (χ0n) is 15.7. The second-order valence-corrected chi connectivity index (χ2v) is 8.65. The van der Waals surface area contributed by atoms with Crippen LogP contribution in [0.3, 0.4) is 0 Å². The van der Waals surface area contributed by atoms with Crippen LogP contribution in [0.25, 0.3) is 0 Å². The molecule has 0 aliphatic carbocycles. The quantitative estimate of drug-likeness (QED) is 0.534. The third kappa shape index (κ3) is 5.14. The molecule has 0 N–H and O–H groups in total. The first-order valence-electron chi connectivity index (χ1n) is 9.03. The molecule has 7 heteroatoms. The van der Waals surface area contributed by atoms with Gasteiger partial charge in [0.05, 0.1) is 12.2 Å². The lowest BCUT2D eigenvalue weighted by Crippen LogP contribution is -2.40. The van der Waals surface area contributed by atoms with Gasteiger partial charge in [0.15, 0.2) is 6.61 Å². The maximum Gasteiger partial charge on any atom is 0.309 e. The summed E-state index contributed by atoms with van der Waals surface area (Å²) < 4.78 is 29.6. The van der Waals surface area contributed by atoms with Gasteiger partial charge in [0.25, 0.3) is 0 Å². The van der Waals surface area contributed by atoms with Crippen LogP contribution in [0.15, 0.2) is 18.2 Å². The molecule has 0 amide bonds. The summed E-state index contributed by atoms with van der Waals surface area (Å²) in [6, 6.07) is 5.84. The molecule has 1 aromatic rings. The fourth-order valence-corrected chi connectivity index (χ4v) is 4.04. The summed E-state index contributed by atoms with van der Waals surface area (Å²) in [5.74, 6) is -0.969. The summed E-state index contributed by atoms with van der Waals surface area (Å²) in [5, 5.41) is 0. The van der Waals surface area contributed by atoms with Crippen molar-refractivity contribution in [1.29, 1.82) is 0 Å². The maximum atomic E-state index is 12.5. The van der Waals surface area contributed by atoms with Gasteiger partial charge in [0.1, 0.15) is 0 Å². The first kappa shape index (κ1) is 20.6. The minimum atomic E-state index is -3.22. The van der Waals surface area contributed by atoms with E-state index in [0.717, 1.165) is 24.0 Å². The van der Waals surface area contributed by atoms with E-state index in [1.54, 1.807) is 0 Å². The third-order valence-corrected chi connectivity index (χ3v) is 6.17. The maximum absolute atomic E-state index is 12.5. The van der Waals surface area contributed by atoms with Crippen LogP contribution < -0.4 is 0 Å². The number of ether oxygens (including phenoxy) is 1. The van der Waals surface area contributed by atoms with Gasteiger partial charge in [-0.3, -0.25) is 9.59 Å². The van der Waals surface area contributed by atoms with Gasteiger partial charge >= 0.3 is 5.97 Å². The van der Waals surface area contributed by atoms with E-state index in [2.05, 4.69) is 0 Å². The van der Waals surface area contributed by atoms with Crippen molar-refractivity contribution in [3.8, 4) is 0 Å². The van der Waals surface area contributed by atoms with E-state index in [4.69, 9.17) is 4.74 Å². The van der Waals surface area contributed by atoms with Gasteiger partial charge in [-0.25, -0.2) is 12.7 Å². The second-order valence-electron chi connectivity index (χ2n) is 6.67. The Morgan fingerprint density at radius 1 is 1.15 bits per heavy atom. The standard InChI is InChI=1S/C19H27NO5S/c1-4-14-6-7-15(5-2)17(12-14)18(21)13-25-19(22)16-8-10-20(11-9-16)26(3,23)24/h6-7,12,16H,4-5,8-11,13H2,1-3H3. The van der Waals surface area contributed by atoms with Crippen molar-refractivity contribution >= 4 is 21.8 Å². The predicted octanol–water partition coefficient (Wildman–Crippen LogP) is 2.21. The summed E-state index contributed by atoms with van der Waals surface area (Å²) in [5.41, 5.74) is 2.64. The Kier molecular flexibility index (Phi) is 6.94. The van der Waals surface area contributed by atoms with E-state index >= 15 is 0 Å². The van der Waals surface area contributed by atoms with E-state index in [-0.39, 0.29) is 18.3 Å². The van der Waals surface area contributed by atoms with E-state index < -0.39 is 16.0 Å². The lowest BCUT2D eigenvalue weighted by atomic mass is 9.97. The molecule has 6 nitrogen and oxygen atoms in total. The molecule has 1 saturated heterocycles. The fourth-order valence-electron chi connectivity index (χ4n) is 3.17. The van der Waals surface area contributed by atoms with Crippen molar-refractivity contribution in [2.75, 3.05) is 26.0 Å². The average molecular weight is 381 g/mol. The number of aryl methyl sites for hydroxylation is 2. The molecule has 1 aliphatic rings. The Morgan fingerprint density at radius 2 is 1.81 bits per heavy atom. The van der Waals surface area contributed by atoms with Crippen LogP contribution in [0.2, 0.25) is 0 Å². The summed E-state index contributed by atoms with van der Waals surface area (Å²) in [4.78, 5) is 24.7. The molecular formula is C19H27NO5S. The lowest BCUT2D eigenvalue weighted by molar-refractivity contribution is -0.148. The molecule has 0 unspecified atom stereocenters. The predicted molar refractivity (Wildman–Crippen MR) is 99.6 cm³/mol. The van der Waals surface area contributed by atoms with Crippen LogP contribution in [0.4, 0.5) is 0 Å². The molecule has 1 aliphatic heterocycles. The third-order valence-electron chi connectivity index (χ3n) is 4.87. The molecule has 1 fully saturated rings. The summed E-state index contributed by atoms with van der Waals surface area (Å²) in [6.07, 6.45) is 3.59. The number of rotatable bonds is 7. The largest absolute Gasteiger partial charge is 0.457 e. The van der Waals surface area contributed by atoms with Crippen molar-refractivity contribution in [2.45, 2.75) is 39.5 Å². The van der Waals surface area contributed by atoms with Gasteiger partial charge in [-0.05, 0) is 42.9 Å². The van der Waals surface area contributed by atoms with Gasteiger partial charge in [-0.15, -0.1) is 0 Å². The molecule has 2 rings (SSSR count). The Morgan fingerprint density at radius 3 is 2.35 bits per heavy atom. The molecular weight excluding hydrogens is 354 g/mol. The highest BCUT2D eigenvalue weighted by Gasteiger charge is 2.30. The zero-order valence-corrected chi connectivity index (χ0v) is 16.5. The minimum absolute atomic E-state index is 0.195. The van der Waals surface area contributed by atoms with Crippen molar-refractivity contribution in [3.63, 3.8) is 0 Å². The summed E-state index contributed by atoms with van der Waals surface area (Å²) >= 11 is 0. The lowest BCUT2D eigenvalue weighted by Gasteiger charge is -2.28. The Balaban J connectivity index is 1.93. The van der Waals surface area contributed by atoms with Crippen molar-refractivity contribution in [2.24, 2.45) is 5.92 Å². The fraction of sp³-hybridized carbons (Fsp3) is 0.579. The first-order valence-corrected chi connectivity index (χ1v) is 10.9. The second kappa shape index (κ2) is 8.77. The number of benzene rings is 1. The normalized spacial score (nSPS) is 16.4. The number of sulfonamides is 1. The van der Waals surface area contributed by atoms with Gasteiger partial charge < -0.3 is 4.74 Å². The van der Waals surface area contributed by atoms with Crippen LogP contribution >= 0.6 is 0 Å². The molecule has 0 aromatic heterocycles. The Bertz CT molecular complexity index is 764. The monoisotopic (exact) mass is 381 g/mol. The summed E-state index contributed by atoms with van der Waals surface area (Å²) in [6.45, 7) is 4.36. The highest BCUT2D eigenvalue weighted by Crippen LogP contribution is 2.21. The highest BCUT2D eigenvalue weighted by atomic mass is 32.2. The molecule has 0 atom stereocenters. The van der Waals surface area contributed by atoms with E-state index in [1.807, 2.05) is 32.0 Å². The van der Waals surface area contributed by atoms with Crippen molar-refractivity contribution in [3.05, 3.63) is 34.9 Å². The minimum Gasteiger partial charge on any atom is -0.457 e. The average Bonchev–Trinajstić information content (AvgIpc) is 2.64. The van der Waals surface area contributed by atoms with Crippen molar-refractivity contribution in [1.82, 2.24) is 4.31 Å². The van der Waals surface area contributed by atoms with E-state index in [1.165, 1.54) is 10.6 Å². The Hall–Kier alpha value is -1.73. The van der Waals surface area contributed by atoms with Crippen LogP contribution in [0, 0.1) is 5.92 Å².